The Morgan fingerprint density at radius 2 is 1.96 bits per heavy atom. The molecule has 2 aromatic heterocycles. The Bertz CT molecular complexity index is 812. The van der Waals surface area contributed by atoms with Crippen LogP contribution >= 0.6 is 0 Å². The Kier molecular flexibility index (Phi) is 3.65. The molecule has 2 heterocycles. The van der Waals surface area contributed by atoms with E-state index in [1.165, 1.54) is 6.07 Å². The van der Waals surface area contributed by atoms with Crippen molar-refractivity contribution in [2.24, 2.45) is 5.73 Å². The number of aromatic amines is 1. The van der Waals surface area contributed by atoms with Gasteiger partial charge in [0.15, 0.2) is 5.60 Å². The van der Waals surface area contributed by atoms with Crippen LogP contribution in [0.15, 0.2) is 35.4 Å². The smallest absolute Gasteiger partial charge is 0.344 e. The second-order valence-electron chi connectivity index (χ2n) is 5.33. The summed E-state index contributed by atoms with van der Waals surface area (Å²) in [5.74, 6) is -1.58. The maximum Gasteiger partial charge on any atom is 0.344 e. The first kappa shape index (κ1) is 14.9. The number of rotatable bonds is 4. The molecular formula is C15H14N4O4. The summed E-state index contributed by atoms with van der Waals surface area (Å²) < 4.78 is 5.22. The van der Waals surface area contributed by atoms with Crippen LogP contribution in [0.25, 0.3) is 11.3 Å². The maximum atomic E-state index is 12.3. The van der Waals surface area contributed by atoms with Crippen LogP contribution < -0.4 is 11.3 Å². The lowest BCUT2D eigenvalue weighted by atomic mass is 9.79. The summed E-state index contributed by atoms with van der Waals surface area (Å²) in [6, 6.07) is 4.70. The highest BCUT2D eigenvalue weighted by Crippen LogP contribution is 2.36. The Morgan fingerprint density at radius 3 is 2.52 bits per heavy atom. The predicted octanol–water partition coefficient (Wildman–Crippen LogP) is 0.397. The Balaban J connectivity index is 1.92. The molecule has 0 aliphatic heterocycles. The third-order valence-electron chi connectivity index (χ3n) is 3.90. The van der Waals surface area contributed by atoms with E-state index >= 15 is 0 Å². The molecule has 0 radical (unpaired) electrons. The van der Waals surface area contributed by atoms with Gasteiger partial charge in [-0.1, -0.05) is 0 Å². The number of ether oxygens (including phenoxy) is 1. The third kappa shape index (κ3) is 2.70. The first-order valence-corrected chi connectivity index (χ1v) is 7.05. The van der Waals surface area contributed by atoms with Gasteiger partial charge < -0.3 is 10.5 Å². The number of pyridine rings is 1. The summed E-state index contributed by atoms with van der Waals surface area (Å²) in [5.41, 5.74) is 4.15. The summed E-state index contributed by atoms with van der Waals surface area (Å²) in [5, 5.41) is 6.15. The largest absolute Gasteiger partial charge is 0.445 e. The highest BCUT2D eigenvalue weighted by Gasteiger charge is 2.47. The normalized spacial score (nSPS) is 15.5. The number of nitrogens with one attached hydrogen (secondary N) is 1. The van der Waals surface area contributed by atoms with Crippen molar-refractivity contribution in [2.75, 3.05) is 0 Å². The molecule has 2 aromatic rings. The minimum atomic E-state index is -1.30. The molecule has 1 aliphatic rings. The Hall–Kier alpha value is -3.03. The number of nitrogens with zero attached hydrogens (tertiary/aromatic N) is 2. The second-order valence-corrected chi connectivity index (χ2v) is 5.33. The first-order chi connectivity index (χ1) is 11.0. The molecule has 3 rings (SSSR count). The lowest BCUT2D eigenvalue weighted by Crippen LogP contribution is -2.53. The first-order valence-electron chi connectivity index (χ1n) is 7.05. The van der Waals surface area contributed by atoms with Crippen LogP contribution in [0.4, 0.5) is 0 Å². The summed E-state index contributed by atoms with van der Waals surface area (Å²) in [6.07, 6.45) is 4.61. The van der Waals surface area contributed by atoms with Crippen LogP contribution in [0.5, 0.6) is 0 Å². The van der Waals surface area contributed by atoms with Gasteiger partial charge in [0.05, 0.1) is 5.69 Å². The van der Waals surface area contributed by atoms with Crippen molar-refractivity contribution < 1.29 is 14.3 Å². The molecule has 1 saturated carbocycles. The predicted molar refractivity (Wildman–Crippen MR) is 79.3 cm³/mol. The fourth-order valence-electron chi connectivity index (χ4n) is 2.36. The van der Waals surface area contributed by atoms with Crippen molar-refractivity contribution in [3.63, 3.8) is 0 Å². The molecule has 0 unspecified atom stereocenters. The van der Waals surface area contributed by atoms with E-state index in [1.807, 2.05) is 0 Å². The van der Waals surface area contributed by atoms with Gasteiger partial charge in [0.2, 0.25) is 0 Å². The highest BCUT2D eigenvalue weighted by molar-refractivity contribution is 5.94. The molecule has 8 nitrogen and oxygen atoms in total. The van der Waals surface area contributed by atoms with E-state index in [0.29, 0.717) is 24.1 Å². The molecule has 0 bridgehead atoms. The number of primary amides is 1. The quantitative estimate of drug-likeness (QED) is 0.786. The van der Waals surface area contributed by atoms with Crippen LogP contribution in [0.2, 0.25) is 0 Å². The molecule has 8 heteroatoms. The van der Waals surface area contributed by atoms with E-state index in [1.54, 1.807) is 24.5 Å². The average Bonchev–Trinajstić information content (AvgIpc) is 2.51. The number of hydrogen-bond donors (Lipinski definition) is 2. The van der Waals surface area contributed by atoms with Gasteiger partial charge in [-0.05, 0) is 37.5 Å². The number of esters is 1. The van der Waals surface area contributed by atoms with Gasteiger partial charge in [-0.15, -0.1) is 0 Å². The topological polar surface area (TPSA) is 128 Å². The van der Waals surface area contributed by atoms with Crippen molar-refractivity contribution >= 4 is 11.9 Å². The zero-order valence-corrected chi connectivity index (χ0v) is 12.1. The summed E-state index contributed by atoms with van der Waals surface area (Å²) in [6.45, 7) is 0. The van der Waals surface area contributed by atoms with Gasteiger partial charge in [0.1, 0.15) is 5.56 Å². The molecule has 3 N–H and O–H groups in total. The monoisotopic (exact) mass is 314 g/mol. The van der Waals surface area contributed by atoms with Gasteiger partial charge in [-0.25, -0.2) is 9.89 Å². The second kappa shape index (κ2) is 5.64. The van der Waals surface area contributed by atoms with E-state index in [-0.39, 0.29) is 5.56 Å². The number of carbonyl (C=O) groups excluding carboxylic acids is 2. The molecule has 1 amide bonds. The third-order valence-corrected chi connectivity index (χ3v) is 3.90. The number of aromatic nitrogens is 3. The van der Waals surface area contributed by atoms with Crippen LogP contribution in [0, 0.1) is 0 Å². The van der Waals surface area contributed by atoms with Gasteiger partial charge in [0.25, 0.3) is 11.5 Å². The average molecular weight is 314 g/mol. The lowest BCUT2D eigenvalue weighted by molar-refractivity contribution is -0.146. The molecule has 0 spiro atoms. The standard InChI is InChI=1S/C15H14N4O4/c16-14(22)15(4-1-5-15)23-13(21)10-8-11(18-19-12(10)20)9-2-6-17-7-3-9/h2-3,6-8H,1,4-5H2,(H2,16,22)(H,19,20). The van der Waals surface area contributed by atoms with Crippen LogP contribution in [0.3, 0.4) is 0 Å². The molecular weight excluding hydrogens is 300 g/mol. The molecule has 0 saturated heterocycles. The van der Waals surface area contributed by atoms with Crippen molar-refractivity contribution in [2.45, 2.75) is 24.9 Å². The number of nitrogens with two attached hydrogens (primary N) is 1. The zero-order chi connectivity index (χ0) is 16.4. The summed E-state index contributed by atoms with van der Waals surface area (Å²) >= 11 is 0. The maximum absolute atomic E-state index is 12.3. The van der Waals surface area contributed by atoms with Crippen molar-refractivity contribution in [1.82, 2.24) is 15.2 Å². The molecule has 1 fully saturated rings. The minimum absolute atomic E-state index is 0.223. The van der Waals surface area contributed by atoms with Gasteiger partial charge in [-0.3, -0.25) is 14.6 Å². The summed E-state index contributed by atoms with van der Waals surface area (Å²) in [4.78, 5) is 39.5. The molecule has 0 atom stereocenters. The molecule has 118 valence electrons. The summed E-state index contributed by atoms with van der Waals surface area (Å²) in [7, 11) is 0. The molecule has 23 heavy (non-hydrogen) atoms. The number of H-pyrrole nitrogens is 1. The van der Waals surface area contributed by atoms with Crippen LogP contribution in [-0.4, -0.2) is 32.7 Å². The lowest BCUT2D eigenvalue weighted by Gasteiger charge is -2.37. The van der Waals surface area contributed by atoms with E-state index in [0.717, 1.165) is 6.42 Å². The van der Waals surface area contributed by atoms with Gasteiger partial charge >= 0.3 is 5.97 Å². The van der Waals surface area contributed by atoms with Crippen molar-refractivity contribution in [3.05, 3.63) is 46.5 Å². The number of hydrogen-bond acceptors (Lipinski definition) is 6. The van der Waals surface area contributed by atoms with E-state index in [4.69, 9.17) is 10.5 Å². The van der Waals surface area contributed by atoms with E-state index in [9.17, 15) is 14.4 Å². The highest BCUT2D eigenvalue weighted by atomic mass is 16.6. The molecule has 1 aliphatic carbocycles. The number of carbonyl (C=O) groups is 2. The van der Waals surface area contributed by atoms with Crippen LogP contribution in [-0.2, 0) is 9.53 Å². The SMILES string of the molecule is NC(=O)C1(OC(=O)c2cc(-c3ccncc3)n[nH]c2=O)CCC1. The van der Waals surface area contributed by atoms with Gasteiger partial charge in [0, 0.05) is 18.0 Å². The van der Waals surface area contributed by atoms with Crippen molar-refractivity contribution in [3.8, 4) is 11.3 Å². The Morgan fingerprint density at radius 1 is 1.26 bits per heavy atom. The fraction of sp³-hybridized carbons (Fsp3) is 0.267. The minimum Gasteiger partial charge on any atom is -0.445 e. The zero-order valence-electron chi connectivity index (χ0n) is 12.1. The van der Waals surface area contributed by atoms with Crippen LogP contribution in [0.1, 0.15) is 29.6 Å². The van der Waals surface area contributed by atoms with Gasteiger partial charge in [-0.2, -0.15) is 5.10 Å². The van der Waals surface area contributed by atoms with E-state index < -0.39 is 23.0 Å². The fourth-order valence-corrected chi connectivity index (χ4v) is 2.36. The molecule has 0 aromatic carbocycles. The van der Waals surface area contributed by atoms with Crippen molar-refractivity contribution in [1.29, 1.82) is 0 Å². The van der Waals surface area contributed by atoms with E-state index in [2.05, 4.69) is 15.2 Å². The Labute approximate surface area is 130 Å². The number of amides is 1.